The van der Waals surface area contributed by atoms with E-state index in [1.165, 1.54) is 36.4 Å². The number of anilines is 6. The summed E-state index contributed by atoms with van der Waals surface area (Å²) in [5.41, 5.74) is 10.2. The summed E-state index contributed by atoms with van der Waals surface area (Å²) in [5, 5.41) is 18.9. The van der Waals surface area contributed by atoms with Crippen molar-refractivity contribution in [3.63, 3.8) is 0 Å². The third kappa shape index (κ3) is 19.8. The summed E-state index contributed by atoms with van der Waals surface area (Å²) in [6, 6.07) is 29.2. The molecule has 12 rings (SSSR count). The van der Waals surface area contributed by atoms with E-state index in [0.717, 1.165) is 128 Å². The van der Waals surface area contributed by atoms with Crippen molar-refractivity contribution in [2.24, 2.45) is 0 Å². The summed E-state index contributed by atoms with van der Waals surface area (Å²) < 4.78 is 57.5. The molecule has 522 valence electrons. The Kier molecular flexibility index (Phi) is 25.9. The molecule has 0 spiro atoms. The molecule has 0 aliphatic carbocycles. The first-order valence-corrected chi connectivity index (χ1v) is 34.5. The molecule has 0 saturated carbocycles. The molecule has 3 saturated heterocycles. The number of nitrogens with zero attached hydrogens (tertiary/aromatic N) is 9. The molecule has 9 aromatic rings. The lowest BCUT2D eigenvalue weighted by molar-refractivity contribution is 0.0945. The lowest BCUT2D eigenvalue weighted by atomic mass is 10.0. The number of morpholine rings is 3. The van der Waals surface area contributed by atoms with Crippen LogP contribution in [-0.2, 0) is 14.2 Å². The van der Waals surface area contributed by atoms with Crippen molar-refractivity contribution in [2.45, 2.75) is 98.2 Å². The fourth-order valence-corrected chi connectivity index (χ4v) is 11.8. The Balaban J connectivity index is 0.000000161. The second-order valence-electron chi connectivity index (χ2n) is 24.7. The number of ether oxygens (including phenoxy) is 3. The van der Waals surface area contributed by atoms with Crippen LogP contribution in [0.4, 0.5) is 47.7 Å². The van der Waals surface area contributed by atoms with Gasteiger partial charge in [0.15, 0.2) is 0 Å². The summed E-state index contributed by atoms with van der Waals surface area (Å²) >= 11 is 0. The fourth-order valence-electron chi connectivity index (χ4n) is 11.8. The van der Waals surface area contributed by atoms with Crippen LogP contribution < -0.4 is 46.6 Å². The molecule has 0 bridgehead atoms. The Morgan fingerprint density at radius 2 is 0.687 bits per heavy atom. The lowest BCUT2D eigenvalue weighted by Crippen LogP contribution is -2.36. The van der Waals surface area contributed by atoms with Crippen molar-refractivity contribution in [2.75, 3.05) is 129 Å². The van der Waals surface area contributed by atoms with Gasteiger partial charge in [0, 0.05) is 109 Å². The van der Waals surface area contributed by atoms with Crippen LogP contribution in [0.5, 0.6) is 0 Å². The van der Waals surface area contributed by atoms with Crippen molar-refractivity contribution >= 4 is 85.3 Å². The zero-order chi connectivity index (χ0) is 69.6. The highest BCUT2D eigenvalue weighted by Crippen LogP contribution is 2.33. The number of benzene rings is 6. The molecule has 3 atom stereocenters. The van der Waals surface area contributed by atoms with Crippen molar-refractivity contribution in [3.05, 3.63) is 179 Å². The number of carbonyl (C=O) groups excluding carboxylic acids is 3. The Morgan fingerprint density at radius 3 is 0.939 bits per heavy atom. The van der Waals surface area contributed by atoms with Gasteiger partial charge in [0.25, 0.3) is 17.7 Å². The number of carbonyl (C=O) groups is 3. The van der Waals surface area contributed by atoms with E-state index >= 15 is 0 Å². The monoisotopic (exact) mass is 1350 g/mol. The second-order valence-corrected chi connectivity index (χ2v) is 24.7. The summed E-state index contributed by atoms with van der Waals surface area (Å²) in [6.45, 7) is 22.5. The number of halogens is 3. The molecule has 0 radical (unpaired) electrons. The topological polar surface area (TPSA) is 238 Å². The molecule has 6 heterocycles. The molecule has 3 fully saturated rings. The minimum Gasteiger partial charge on any atom is -0.378 e. The average molecular weight is 1350 g/mol. The SMILES string of the molecule is CCCCNC(=O)c1cc(C(C)Nc2cccc(F)c2)c2nc(N3CCOCC3)cnc2c1.CCCCNC(=O)c1cc(C(C)Nc2cccc(F)c2)c2nc(N3CCOCC3)cnc2c1.CCCCNC(=O)c1cc(C(C)Nc2cccc(F)c2)c2nc(N3CCOCC3)cnc2c1. The Bertz CT molecular complexity index is 3770. The van der Waals surface area contributed by atoms with Crippen LogP contribution in [-0.4, -0.2) is 146 Å². The number of hydrogen-bond donors (Lipinski definition) is 6. The molecule has 24 heteroatoms. The number of amides is 3. The lowest BCUT2D eigenvalue weighted by Gasteiger charge is -2.28. The normalized spacial score (nSPS) is 14.8. The molecule has 3 unspecified atom stereocenters. The Labute approximate surface area is 576 Å². The van der Waals surface area contributed by atoms with Gasteiger partial charge in [0.05, 0.1) is 109 Å². The van der Waals surface area contributed by atoms with Gasteiger partial charge >= 0.3 is 0 Å². The zero-order valence-corrected chi connectivity index (χ0v) is 57.3. The van der Waals surface area contributed by atoms with E-state index in [9.17, 15) is 27.6 Å². The van der Waals surface area contributed by atoms with Crippen molar-refractivity contribution in [3.8, 4) is 0 Å². The van der Waals surface area contributed by atoms with Crippen LogP contribution in [0.1, 0.15) is 146 Å². The second kappa shape index (κ2) is 35.6. The maximum atomic E-state index is 13.7. The largest absolute Gasteiger partial charge is 0.378 e. The average Bonchev–Trinajstić information content (AvgIpc) is 0.796. The quantitative estimate of drug-likeness (QED) is 0.0308. The zero-order valence-electron chi connectivity index (χ0n) is 57.3. The van der Waals surface area contributed by atoms with Gasteiger partial charge < -0.3 is 60.8 Å². The molecule has 99 heavy (non-hydrogen) atoms. The van der Waals surface area contributed by atoms with Crippen LogP contribution in [0, 0.1) is 17.5 Å². The van der Waals surface area contributed by atoms with Crippen molar-refractivity contribution in [1.29, 1.82) is 0 Å². The van der Waals surface area contributed by atoms with Crippen molar-refractivity contribution in [1.82, 2.24) is 45.9 Å². The first-order valence-electron chi connectivity index (χ1n) is 34.5. The molecular formula is C75H90F3N15O6. The van der Waals surface area contributed by atoms with E-state index in [1.54, 1.807) is 55.0 Å². The fraction of sp³-hybridized carbons (Fsp3) is 0.400. The number of nitrogens with one attached hydrogen (secondary N) is 6. The third-order valence-corrected chi connectivity index (χ3v) is 17.3. The minimum absolute atomic E-state index is 0.136. The summed E-state index contributed by atoms with van der Waals surface area (Å²) in [5.74, 6) is 1.01. The number of rotatable bonds is 24. The van der Waals surface area contributed by atoms with Gasteiger partial charge in [-0.3, -0.25) is 29.3 Å². The van der Waals surface area contributed by atoms with Crippen LogP contribution in [0.2, 0.25) is 0 Å². The summed E-state index contributed by atoms with van der Waals surface area (Å²) in [7, 11) is 0. The van der Waals surface area contributed by atoms with Crippen LogP contribution in [0.15, 0.2) is 128 Å². The van der Waals surface area contributed by atoms with Gasteiger partial charge in [0.2, 0.25) is 0 Å². The van der Waals surface area contributed by atoms with E-state index in [2.05, 4.69) is 82.3 Å². The van der Waals surface area contributed by atoms with Gasteiger partial charge in [-0.2, -0.15) is 0 Å². The van der Waals surface area contributed by atoms with Crippen molar-refractivity contribution < 1.29 is 41.8 Å². The Hall–Kier alpha value is -9.78. The maximum absolute atomic E-state index is 13.7. The number of hydrogen-bond acceptors (Lipinski definition) is 18. The van der Waals surface area contributed by atoms with E-state index in [0.29, 0.717) is 110 Å². The van der Waals surface area contributed by atoms with Gasteiger partial charge in [-0.1, -0.05) is 58.2 Å². The van der Waals surface area contributed by atoms with Crippen LogP contribution in [0.25, 0.3) is 33.1 Å². The molecule has 6 aromatic carbocycles. The van der Waals surface area contributed by atoms with Gasteiger partial charge in [-0.25, -0.2) is 28.1 Å². The Morgan fingerprint density at radius 1 is 0.414 bits per heavy atom. The molecule has 3 amide bonds. The molecule has 3 aliphatic heterocycles. The van der Waals surface area contributed by atoms with Gasteiger partial charge in [0.1, 0.15) is 34.9 Å². The predicted octanol–water partition coefficient (Wildman–Crippen LogP) is 12.9. The first kappa shape index (κ1) is 72.0. The summed E-state index contributed by atoms with van der Waals surface area (Å²) in [4.78, 5) is 73.6. The van der Waals surface area contributed by atoms with Gasteiger partial charge in [-0.05, 0) is 131 Å². The standard InChI is InChI=1S/3C25H30FN5O2/c3*1-3-4-8-27-25(32)18-13-21(17(2)29-20-7-5-6-19(26)15-20)24-22(14-18)28-16-23(30-24)31-9-11-33-12-10-31/h3*5-7,13-17,29H,3-4,8-12H2,1-2H3,(H,27,32). The van der Waals surface area contributed by atoms with Gasteiger partial charge in [-0.15, -0.1) is 0 Å². The smallest absolute Gasteiger partial charge is 0.251 e. The molecule has 6 N–H and O–H groups in total. The number of unbranched alkanes of at least 4 members (excludes halogenated alkanes) is 3. The molecule has 3 aromatic heterocycles. The van der Waals surface area contributed by atoms with Crippen LogP contribution in [0.3, 0.4) is 0 Å². The highest BCUT2D eigenvalue weighted by atomic mass is 19.1. The number of fused-ring (bicyclic) bond motifs is 3. The first-order chi connectivity index (χ1) is 48.1. The molecule has 3 aliphatic rings. The molecule has 21 nitrogen and oxygen atoms in total. The van der Waals surface area contributed by atoms with E-state index in [1.807, 2.05) is 57.2 Å². The van der Waals surface area contributed by atoms with E-state index in [4.69, 9.17) is 29.2 Å². The van der Waals surface area contributed by atoms with E-state index in [-0.39, 0.29) is 53.3 Å². The third-order valence-electron chi connectivity index (χ3n) is 17.3. The predicted molar refractivity (Wildman–Crippen MR) is 385 cm³/mol. The maximum Gasteiger partial charge on any atom is 0.251 e. The number of aromatic nitrogens is 6. The highest BCUT2D eigenvalue weighted by Gasteiger charge is 2.24. The van der Waals surface area contributed by atoms with Crippen LogP contribution >= 0.6 is 0 Å². The molecular weight excluding hydrogens is 1260 g/mol. The van der Waals surface area contributed by atoms with E-state index < -0.39 is 0 Å². The minimum atomic E-state index is -0.310. The summed E-state index contributed by atoms with van der Waals surface area (Å²) in [6.07, 6.45) is 11.0. The highest BCUT2D eigenvalue weighted by molar-refractivity contribution is 6.00.